The summed E-state index contributed by atoms with van der Waals surface area (Å²) in [5.41, 5.74) is 3.93. The van der Waals surface area contributed by atoms with Crippen LogP contribution in [0.1, 0.15) is 59.6 Å². The highest BCUT2D eigenvalue weighted by Gasteiger charge is 2.25. The van der Waals surface area contributed by atoms with Gasteiger partial charge in [0.15, 0.2) is 0 Å². The van der Waals surface area contributed by atoms with Crippen molar-refractivity contribution in [2.24, 2.45) is 5.92 Å². The molecule has 1 fully saturated rings. The van der Waals surface area contributed by atoms with E-state index in [9.17, 15) is 4.79 Å². The Morgan fingerprint density at radius 2 is 1.47 bits per heavy atom. The molecule has 1 aliphatic rings. The minimum atomic E-state index is -0.294. The second kappa shape index (κ2) is 10.1. The Balaban J connectivity index is 1.42. The quantitative estimate of drug-likeness (QED) is 0.445. The van der Waals surface area contributed by atoms with Crippen LogP contribution in [0.2, 0.25) is 0 Å². The van der Waals surface area contributed by atoms with Gasteiger partial charge in [-0.1, -0.05) is 79.9 Å². The van der Waals surface area contributed by atoms with Crippen molar-refractivity contribution in [3.8, 4) is 0 Å². The summed E-state index contributed by atoms with van der Waals surface area (Å²) < 4.78 is 5.44. The lowest BCUT2D eigenvalue weighted by atomic mass is 9.81. The Morgan fingerprint density at radius 1 is 0.833 bits per heavy atom. The van der Waals surface area contributed by atoms with Crippen LogP contribution in [0.15, 0.2) is 84.9 Å². The number of hydrogen-bond acceptors (Lipinski definition) is 3. The van der Waals surface area contributed by atoms with Crippen molar-refractivity contribution in [1.82, 2.24) is 0 Å². The van der Waals surface area contributed by atoms with Gasteiger partial charge >= 0.3 is 5.97 Å². The van der Waals surface area contributed by atoms with Gasteiger partial charge in [-0.2, -0.15) is 0 Å². The Hall–Kier alpha value is -3.07. The lowest BCUT2D eigenvalue weighted by molar-refractivity contribution is 0.0473. The third-order valence-electron chi connectivity index (χ3n) is 5.94. The van der Waals surface area contributed by atoms with Gasteiger partial charge in [0.25, 0.3) is 0 Å². The number of anilines is 1. The highest BCUT2D eigenvalue weighted by Crippen LogP contribution is 2.36. The monoisotopic (exact) mass is 399 g/mol. The Morgan fingerprint density at radius 3 is 2.13 bits per heavy atom. The van der Waals surface area contributed by atoms with Gasteiger partial charge in [-0.3, -0.25) is 0 Å². The lowest BCUT2D eigenvalue weighted by Gasteiger charge is -2.32. The van der Waals surface area contributed by atoms with Crippen molar-refractivity contribution in [2.45, 2.75) is 44.8 Å². The maximum atomic E-state index is 12.4. The van der Waals surface area contributed by atoms with E-state index in [4.69, 9.17) is 4.74 Å². The van der Waals surface area contributed by atoms with Gasteiger partial charge in [0, 0.05) is 5.69 Å². The van der Waals surface area contributed by atoms with Crippen molar-refractivity contribution in [3.05, 3.63) is 102 Å². The molecule has 0 radical (unpaired) electrons. The Bertz CT molecular complexity index is 916. The first-order chi connectivity index (χ1) is 14.8. The van der Waals surface area contributed by atoms with Crippen LogP contribution in [-0.4, -0.2) is 5.97 Å². The molecular formula is C27H29NO2. The molecule has 3 nitrogen and oxygen atoms in total. The van der Waals surface area contributed by atoms with Crippen molar-refractivity contribution in [2.75, 3.05) is 5.32 Å². The average Bonchev–Trinajstić information content (AvgIpc) is 2.83. The molecule has 0 saturated heterocycles. The molecular weight excluding hydrogens is 370 g/mol. The van der Waals surface area contributed by atoms with Crippen LogP contribution in [0.25, 0.3) is 0 Å². The molecule has 3 aromatic carbocycles. The van der Waals surface area contributed by atoms with Crippen LogP contribution in [0.4, 0.5) is 5.69 Å². The van der Waals surface area contributed by atoms with E-state index in [1.54, 1.807) is 0 Å². The van der Waals surface area contributed by atoms with E-state index in [1.165, 1.54) is 37.7 Å². The fraction of sp³-hybridized carbons (Fsp3) is 0.296. The van der Waals surface area contributed by atoms with E-state index in [0.29, 0.717) is 17.5 Å². The number of benzene rings is 3. The minimum absolute atomic E-state index is 0.289. The summed E-state index contributed by atoms with van der Waals surface area (Å²) in [6.45, 7) is 0.289. The van der Waals surface area contributed by atoms with Gasteiger partial charge in [-0.15, -0.1) is 0 Å². The van der Waals surface area contributed by atoms with Gasteiger partial charge in [-0.05, 0) is 54.2 Å². The predicted octanol–water partition coefficient (Wildman–Crippen LogP) is 6.78. The molecule has 1 saturated carbocycles. The van der Waals surface area contributed by atoms with Crippen LogP contribution in [0, 0.1) is 5.92 Å². The van der Waals surface area contributed by atoms with Crippen LogP contribution >= 0.6 is 0 Å². The first-order valence-corrected chi connectivity index (χ1v) is 10.9. The highest BCUT2D eigenvalue weighted by atomic mass is 16.5. The third kappa shape index (κ3) is 5.29. The number of nitrogens with one attached hydrogen (secondary N) is 1. The van der Waals surface area contributed by atoms with E-state index >= 15 is 0 Å². The summed E-state index contributed by atoms with van der Waals surface area (Å²) in [4.78, 5) is 12.4. The van der Waals surface area contributed by atoms with E-state index < -0.39 is 0 Å². The average molecular weight is 400 g/mol. The first-order valence-electron chi connectivity index (χ1n) is 10.9. The first kappa shape index (κ1) is 20.2. The van der Waals surface area contributed by atoms with Crippen molar-refractivity contribution < 1.29 is 9.53 Å². The maximum Gasteiger partial charge on any atom is 0.338 e. The summed E-state index contributed by atoms with van der Waals surface area (Å²) in [7, 11) is 0. The van der Waals surface area contributed by atoms with Gasteiger partial charge in [0.2, 0.25) is 0 Å². The van der Waals surface area contributed by atoms with Gasteiger partial charge in [0.05, 0.1) is 11.6 Å². The number of hydrogen-bond donors (Lipinski definition) is 1. The zero-order chi connectivity index (χ0) is 20.6. The third-order valence-corrected chi connectivity index (χ3v) is 5.94. The van der Waals surface area contributed by atoms with Gasteiger partial charge in [0.1, 0.15) is 6.61 Å². The van der Waals surface area contributed by atoms with Crippen LogP contribution in [0.5, 0.6) is 0 Å². The fourth-order valence-corrected chi connectivity index (χ4v) is 4.29. The number of ether oxygens (including phenoxy) is 1. The highest BCUT2D eigenvalue weighted by molar-refractivity contribution is 5.89. The summed E-state index contributed by atoms with van der Waals surface area (Å²) in [5.74, 6) is 0.342. The maximum absolute atomic E-state index is 12.4. The summed E-state index contributed by atoms with van der Waals surface area (Å²) >= 11 is 0. The predicted molar refractivity (Wildman–Crippen MR) is 121 cm³/mol. The zero-order valence-electron chi connectivity index (χ0n) is 17.3. The molecule has 4 rings (SSSR count). The molecule has 0 spiro atoms. The zero-order valence-corrected chi connectivity index (χ0v) is 17.3. The molecule has 0 bridgehead atoms. The normalized spacial score (nSPS) is 15.3. The van der Waals surface area contributed by atoms with Crippen molar-refractivity contribution >= 4 is 11.7 Å². The topological polar surface area (TPSA) is 38.3 Å². The van der Waals surface area contributed by atoms with Crippen molar-refractivity contribution in [3.63, 3.8) is 0 Å². The molecule has 3 aromatic rings. The van der Waals surface area contributed by atoms with E-state index in [-0.39, 0.29) is 12.6 Å². The fourth-order valence-electron chi connectivity index (χ4n) is 4.29. The molecule has 3 heteroatoms. The Labute approximate surface area is 179 Å². The number of carbonyl (C=O) groups excluding carboxylic acids is 1. The molecule has 1 aliphatic carbocycles. The molecule has 0 heterocycles. The summed E-state index contributed by atoms with van der Waals surface area (Å²) in [5, 5.41) is 3.74. The van der Waals surface area contributed by atoms with E-state index in [0.717, 1.165) is 11.3 Å². The second-order valence-electron chi connectivity index (χ2n) is 8.07. The van der Waals surface area contributed by atoms with Crippen LogP contribution < -0.4 is 5.32 Å². The summed E-state index contributed by atoms with van der Waals surface area (Å²) in [6.07, 6.45) is 6.48. The van der Waals surface area contributed by atoms with E-state index in [2.05, 4.69) is 35.6 Å². The molecule has 1 N–H and O–H groups in total. The molecule has 0 amide bonds. The smallest absolute Gasteiger partial charge is 0.338 e. The standard InChI is InChI=1S/C27H29NO2/c29-27(30-20-21-10-4-1-5-11-21)24-16-18-25(19-17-24)28-26(22-12-6-2-7-13-22)23-14-8-3-9-15-23/h1-2,4-7,10-13,16-19,23,26,28H,3,8-9,14-15,20H2. The molecule has 1 atom stereocenters. The largest absolute Gasteiger partial charge is 0.457 e. The molecule has 1 unspecified atom stereocenters. The number of esters is 1. The number of carbonyl (C=O) groups is 1. The molecule has 0 aliphatic heterocycles. The minimum Gasteiger partial charge on any atom is -0.457 e. The number of rotatable bonds is 7. The second-order valence-corrected chi connectivity index (χ2v) is 8.07. The lowest BCUT2D eigenvalue weighted by Crippen LogP contribution is -2.23. The van der Waals surface area contributed by atoms with Crippen LogP contribution in [0.3, 0.4) is 0 Å². The molecule has 0 aromatic heterocycles. The van der Waals surface area contributed by atoms with E-state index in [1.807, 2.05) is 54.6 Å². The van der Waals surface area contributed by atoms with Crippen molar-refractivity contribution in [1.29, 1.82) is 0 Å². The summed E-state index contributed by atoms with van der Waals surface area (Å²) in [6, 6.07) is 28.4. The van der Waals surface area contributed by atoms with Crippen LogP contribution in [-0.2, 0) is 11.3 Å². The SMILES string of the molecule is O=C(OCc1ccccc1)c1ccc(NC(c2ccccc2)C2CCCCC2)cc1. The molecule has 154 valence electrons. The Kier molecular flexibility index (Phi) is 6.81. The van der Waals surface area contributed by atoms with Gasteiger partial charge in [-0.25, -0.2) is 4.79 Å². The molecule has 30 heavy (non-hydrogen) atoms. The van der Waals surface area contributed by atoms with Gasteiger partial charge < -0.3 is 10.1 Å².